The summed E-state index contributed by atoms with van der Waals surface area (Å²) in [6.45, 7) is 1.62. The van der Waals surface area contributed by atoms with Crippen LogP contribution in [0.15, 0.2) is 52.6 Å². The van der Waals surface area contributed by atoms with Crippen molar-refractivity contribution in [1.82, 2.24) is 9.78 Å². The van der Waals surface area contributed by atoms with E-state index in [4.69, 9.17) is 14.2 Å². The number of thiophene rings is 1. The lowest BCUT2D eigenvalue weighted by Crippen LogP contribution is -2.25. The highest BCUT2D eigenvalue weighted by Gasteiger charge is 2.31. The van der Waals surface area contributed by atoms with E-state index in [1.54, 1.807) is 13.0 Å². The number of carbonyl (C=O) groups excluding carboxylic acids is 2. The number of hydrogen-bond acceptors (Lipinski definition) is 9. The van der Waals surface area contributed by atoms with E-state index in [9.17, 15) is 27.6 Å². The van der Waals surface area contributed by atoms with Crippen molar-refractivity contribution in [3.05, 3.63) is 69.5 Å². The molecular weight excluding hydrogens is 543 g/mol. The van der Waals surface area contributed by atoms with Crippen molar-refractivity contribution in [3.63, 3.8) is 0 Å². The lowest BCUT2D eigenvalue weighted by atomic mass is 10.1. The first kappa shape index (κ1) is 27.4. The van der Waals surface area contributed by atoms with Crippen LogP contribution in [-0.4, -0.2) is 48.8 Å². The molecule has 2 aromatic heterocycles. The number of anilines is 1. The number of carbonyl (C=O) groups is 2. The van der Waals surface area contributed by atoms with Crippen LogP contribution in [0.2, 0.25) is 0 Å². The van der Waals surface area contributed by atoms with Gasteiger partial charge in [-0.25, -0.2) is 4.79 Å². The third-order valence-corrected chi connectivity index (χ3v) is 6.20. The second-order valence-electron chi connectivity index (χ2n) is 7.71. The summed E-state index contributed by atoms with van der Waals surface area (Å²) in [6.07, 6.45) is -4.90. The SMILES string of the molecule is CCOC(=O)c1nn(-c2ccc(OC(F)(F)F)cc2)c(=O)c2c(NC(=O)c3ccc(OC)c(OC)c3)scc12. The van der Waals surface area contributed by atoms with E-state index < -0.39 is 29.5 Å². The molecular formula is C25H20F3N3O7S. The van der Waals surface area contributed by atoms with Gasteiger partial charge in [0, 0.05) is 16.3 Å². The van der Waals surface area contributed by atoms with Crippen molar-refractivity contribution >= 4 is 39.0 Å². The van der Waals surface area contributed by atoms with E-state index in [2.05, 4.69) is 15.2 Å². The number of halogens is 3. The Hall–Kier alpha value is -4.59. The van der Waals surface area contributed by atoms with Crippen LogP contribution in [0.4, 0.5) is 18.2 Å². The van der Waals surface area contributed by atoms with E-state index in [0.29, 0.717) is 11.5 Å². The number of nitrogens with one attached hydrogen (secondary N) is 1. The minimum absolute atomic E-state index is 0.0254. The normalized spacial score (nSPS) is 11.2. The number of aromatic nitrogens is 2. The molecule has 0 fully saturated rings. The second kappa shape index (κ2) is 11.0. The highest BCUT2D eigenvalue weighted by molar-refractivity contribution is 7.16. The maximum Gasteiger partial charge on any atom is 0.573 e. The molecule has 2 aromatic carbocycles. The van der Waals surface area contributed by atoms with Gasteiger partial charge in [-0.3, -0.25) is 9.59 Å². The van der Waals surface area contributed by atoms with Crippen LogP contribution < -0.4 is 25.1 Å². The van der Waals surface area contributed by atoms with Crippen LogP contribution in [0, 0.1) is 0 Å². The number of esters is 1. The average molecular weight is 564 g/mol. The maximum absolute atomic E-state index is 13.5. The van der Waals surface area contributed by atoms with E-state index in [-0.39, 0.29) is 39.3 Å². The molecule has 0 unspecified atom stereocenters. The Balaban J connectivity index is 1.80. The van der Waals surface area contributed by atoms with Crippen molar-refractivity contribution in [3.8, 4) is 22.9 Å². The largest absolute Gasteiger partial charge is 0.573 e. The smallest absolute Gasteiger partial charge is 0.493 e. The molecule has 4 aromatic rings. The van der Waals surface area contributed by atoms with Crippen LogP contribution in [0.25, 0.3) is 16.5 Å². The Morgan fingerprint density at radius 3 is 2.36 bits per heavy atom. The monoisotopic (exact) mass is 563 g/mol. The number of fused-ring (bicyclic) bond motifs is 1. The summed E-state index contributed by atoms with van der Waals surface area (Å²) < 4.78 is 57.8. The van der Waals surface area contributed by atoms with Gasteiger partial charge in [-0.15, -0.1) is 24.5 Å². The van der Waals surface area contributed by atoms with Gasteiger partial charge in [0.05, 0.1) is 31.9 Å². The molecule has 204 valence electrons. The predicted octanol–water partition coefficient (Wildman–Crippen LogP) is 4.79. The van der Waals surface area contributed by atoms with Gasteiger partial charge in [0.2, 0.25) is 0 Å². The fraction of sp³-hybridized carbons (Fsp3) is 0.200. The minimum atomic E-state index is -4.90. The quantitative estimate of drug-likeness (QED) is 0.304. The number of hydrogen-bond donors (Lipinski definition) is 1. The zero-order valence-corrected chi connectivity index (χ0v) is 21.4. The van der Waals surface area contributed by atoms with Gasteiger partial charge in [0.1, 0.15) is 10.8 Å². The molecule has 1 N–H and O–H groups in total. The molecule has 1 amide bonds. The number of methoxy groups -OCH3 is 2. The zero-order chi connectivity index (χ0) is 28.3. The summed E-state index contributed by atoms with van der Waals surface area (Å²) in [5, 5.41) is 8.48. The van der Waals surface area contributed by atoms with Gasteiger partial charge in [-0.05, 0) is 49.4 Å². The molecule has 14 heteroatoms. The van der Waals surface area contributed by atoms with Crippen LogP contribution in [0.5, 0.6) is 17.2 Å². The number of nitrogens with zero attached hydrogens (tertiary/aromatic N) is 2. The highest BCUT2D eigenvalue weighted by Crippen LogP contribution is 2.33. The van der Waals surface area contributed by atoms with Crippen molar-refractivity contribution in [2.75, 3.05) is 26.1 Å². The Bertz CT molecular complexity index is 1600. The van der Waals surface area contributed by atoms with E-state index in [1.807, 2.05) is 0 Å². The fourth-order valence-electron chi connectivity index (χ4n) is 3.61. The number of benzene rings is 2. The van der Waals surface area contributed by atoms with Crippen molar-refractivity contribution in [2.45, 2.75) is 13.3 Å². The van der Waals surface area contributed by atoms with Crippen molar-refractivity contribution in [2.24, 2.45) is 0 Å². The number of alkyl halides is 3. The molecule has 0 atom stereocenters. The molecule has 0 spiro atoms. The van der Waals surface area contributed by atoms with E-state index >= 15 is 0 Å². The molecule has 0 saturated heterocycles. The lowest BCUT2D eigenvalue weighted by molar-refractivity contribution is -0.274. The standard InChI is InChI=1S/C25H20F3N3O7S/c1-4-37-24(34)20-16-12-39-22(29-21(32)13-5-10-17(35-2)18(11-13)36-3)19(16)23(33)31(30-20)14-6-8-15(9-7-14)38-25(26,27)28/h5-12H,4H2,1-3H3,(H,29,32). The maximum atomic E-state index is 13.5. The number of rotatable bonds is 8. The lowest BCUT2D eigenvalue weighted by Gasteiger charge is -2.12. The summed E-state index contributed by atoms with van der Waals surface area (Å²) in [5.41, 5.74) is -0.698. The summed E-state index contributed by atoms with van der Waals surface area (Å²) in [6, 6.07) is 8.84. The molecule has 4 rings (SSSR count). The minimum Gasteiger partial charge on any atom is -0.493 e. The van der Waals surface area contributed by atoms with E-state index in [1.165, 1.54) is 43.9 Å². The van der Waals surface area contributed by atoms with Crippen LogP contribution in [0.3, 0.4) is 0 Å². The first-order valence-corrected chi connectivity index (χ1v) is 12.1. The highest BCUT2D eigenvalue weighted by atomic mass is 32.1. The molecule has 0 aliphatic rings. The number of ether oxygens (including phenoxy) is 4. The summed E-state index contributed by atoms with van der Waals surface area (Å²) in [7, 11) is 2.87. The predicted molar refractivity (Wildman–Crippen MR) is 135 cm³/mol. The molecule has 2 heterocycles. The van der Waals surface area contributed by atoms with Crippen LogP contribution >= 0.6 is 11.3 Å². The summed E-state index contributed by atoms with van der Waals surface area (Å²) in [4.78, 5) is 39.2. The fourth-order valence-corrected chi connectivity index (χ4v) is 4.54. The van der Waals surface area contributed by atoms with Gasteiger partial charge in [-0.2, -0.15) is 9.78 Å². The first-order chi connectivity index (χ1) is 18.6. The Morgan fingerprint density at radius 1 is 1.05 bits per heavy atom. The van der Waals surface area contributed by atoms with Gasteiger partial charge in [0.25, 0.3) is 11.5 Å². The van der Waals surface area contributed by atoms with Crippen LogP contribution in [-0.2, 0) is 4.74 Å². The Kier molecular flexibility index (Phi) is 7.76. The van der Waals surface area contributed by atoms with Gasteiger partial charge in [0.15, 0.2) is 17.2 Å². The molecule has 0 radical (unpaired) electrons. The molecule has 0 saturated carbocycles. The molecule has 0 bridgehead atoms. The van der Waals surface area contributed by atoms with Crippen molar-refractivity contribution < 1.29 is 41.7 Å². The summed E-state index contributed by atoms with van der Waals surface area (Å²) >= 11 is 0.986. The summed E-state index contributed by atoms with van der Waals surface area (Å²) in [5.74, 6) is -1.19. The molecule has 0 aliphatic heterocycles. The number of amides is 1. The van der Waals surface area contributed by atoms with Crippen LogP contribution in [0.1, 0.15) is 27.8 Å². The molecule has 39 heavy (non-hydrogen) atoms. The Labute approximate surface area is 222 Å². The topological polar surface area (TPSA) is 118 Å². The third kappa shape index (κ3) is 5.80. The average Bonchev–Trinajstić information content (AvgIpc) is 3.32. The second-order valence-corrected chi connectivity index (χ2v) is 8.58. The van der Waals surface area contributed by atoms with Gasteiger partial charge >= 0.3 is 12.3 Å². The molecule has 10 nitrogen and oxygen atoms in total. The van der Waals surface area contributed by atoms with Gasteiger partial charge < -0.3 is 24.3 Å². The van der Waals surface area contributed by atoms with Gasteiger partial charge in [-0.1, -0.05) is 0 Å². The van der Waals surface area contributed by atoms with E-state index in [0.717, 1.165) is 28.2 Å². The molecule has 0 aliphatic carbocycles. The first-order valence-electron chi connectivity index (χ1n) is 11.2. The zero-order valence-electron chi connectivity index (χ0n) is 20.6. The Morgan fingerprint density at radius 2 is 1.74 bits per heavy atom. The van der Waals surface area contributed by atoms with Crippen molar-refractivity contribution in [1.29, 1.82) is 0 Å². The third-order valence-electron chi connectivity index (χ3n) is 5.31.